The van der Waals surface area contributed by atoms with Crippen molar-refractivity contribution in [1.82, 2.24) is 15.4 Å². The lowest BCUT2D eigenvalue weighted by Crippen LogP contribution is -2.42. The third-order valence-electron chi connectivity index (χ3n) is 4.75. The van der Waals surface area contributed by atoms with E-state index in [2.05, 4.69) is 15.4 Å². The Morgan fingerprint density at radius 2 is 1.79 bits per heavy atom. The number of sulfonamides is 1. The van der Waals surface area contributed by atoms with Gasteiger partial charge in [-0.15, -0.1) is 12.4 Å². The van der Waals surface area contributed by atoms with Crippen LogP contribution in [0.25, 0.3) is 0 Å². The van der Waals surface area contributed by atoms with E-state index in [1.54, 1.807) is 6.07 Å². The Morgan fingerprint density at radius 1 is 1.11 bits per heavy atom. The molecule has 0 unspecified atom stereocenters. The summed E-state index contributed by atoms with van der Waals surface area (Å²) in [6.07, 6.45) is 1.75. The van der Waals surface area contributed by atoms with Gasteiger partial charge in [-0.1, -0.05) is 36.4 Å². The molecule has 1 fully saturated rings. The molecular weight excluding hydrogens is 398 g/mol. The highest BCUT2D eigenvalue weighted by Crippen LogP contribution is 2.17. The molecule has 0 atom stereocenters. The van der Waals surface area contributed by atoms with Crippen molar-refractivity contribution in [3.05, 3.63) is 65.2 Å². The van der Waals surface area contributed by atoms with E-state index in [0.29, 0.717) is 5.56 Å². The molecule has 8 heteroatoms. The van der Waals surface area contributed by atoms with E-state index in [4.69, 9.17) is 0 Å². The van der Waals surface area contributed by atoms with Gasteiger partial charge >= 0.3 is 0 Å². The lowest BCUT2D eigenvalue weighted by atomic mass is 10.0. The van der Waals surface area contributed by atoms with Crippen molar-refractivity contribution >= 4 is 28.3 Å². The van der Waals surface area contributed by atoms with Gasteiger partial charge in [-0.2, -0.15) is 0 Å². The van der Waals surface area contributed by atoms with E-state index in [1.165, 1.54) is 12.1 Å². The lowest BCUT2D eigenvalue weighted by molar-refractivity contribution is 0.0928. The molecule has 6 nitrogen and oxygen atoms in total. The first kappa shape index (κ1) is 22.4. The average molecular weight is 424 g/mol. The second-order valence-corrected chi connectivity index (χ2v) is 8.55. The van der Waals surface area contributed by atoms with Gasteiger partial charge < -0.3 is 10.6 Å². The van der Waals surface area contributed by atoms with E-state index in [1.807, 2.05) is 37.3 Å². The average Bonchev–Trinajstić information content (AvgIpc) is 2.68. The largest absolute Gasteiger partial charge is 0.349 e. The molecule has 152 valence electrons. The van der Waals surface area contributed by atoms with Crippen molar-refractivity contribution in [2.24, 2.45) is 0 Å². The van der Waals surface area contributed by atoms with Crippen LogP contribution < -0.4 is 15.4 Å². The van der Waals surface area contributed by atoms with Crippen LogP contribution in [0.3, 0.4) is 0 Å². The third kappa shape index (κ3) is 5.78. The molecule has 28 heavy (non-hydrogen) atoms. The second-order valence-electron chi connectivity index (χ2n) is 6.78. The van der Waals surface area contributed by atoms with Gasteiger partial charge in [0, 0.05) is 18.2 Å². The first-order valence-electron chi connectivity index (χ1n) is 9.11. The van der Waals surface area contributed by atoms with Gasteiger partial charge in [-0.3, -0.25) is 4.79 Å². The van der Waals surface area contributed by atoms with Crippen LogP contribution in [0.15, 0.2) is 53.4 Å². The molecule has 1 amide bonds. The summed E-state index contributed by atoms with van der Waals surface area (Å²) in [7, 11) is -3.70. The van der Waals surface area contributed by atoms with Crippen molar-refractivity contribution in [1.29, 1.82) is 0 Å². The Balaban J connectivity index is 0.00000280. The number of rotatable bonds is 6. The van der Waals surface area contributed by atoms with E-state index in [-0.39, 0.29) is 35.8 Å². The topological polar surface area (TPSA) is 87.3 Å². The predicted octanol–water partition coefficient (Wildman–Crippen LogP) is 2.38. The highest BCUT2D eigenvalue weighted by atomic mass is 35.5. The number of hydrogen-bond donors (Lipinski definition) is 3. The Hall–Kier alpha value is -1.93. The van der Waals surface area contributed by atoms with Crippen LogP contribution in [0.1, 0.15) is 34.3 Å². The standard InChI is InChI=1S/C20H25N3O3S.ClH/c1-15-7-8-18(27(25,26)22-14-16-5-3-2-4-6-16)13-19(15)20(24)23-17-9-11-21-12-10-17;/h2-8,13,17,21-22H,9-12,14H2,1H3,(H,23,24);1H. The van der Waals surface area contributed by atoms with E-state index in [0.717, 1.165) is 37.1 Å². The maximum absolute atomic E-state index is 12.6. The maximum Gasteiger partial charge on any atom is 0.251 e. The first-order valence-corrected chi connectivity index (χ1v) is 10.6. The molecule has 0 bridgehead atoms. The number of hydrogen-bond acceptors (Lipinski definition) is 4. The molecule has 2 aromatic carbocycles. The quantitative estimate of drug-likeness (QED) is 0.665. The molecule has 0 radical (unpaired) electrons. The maximum atomic E-state index is 12.6. The summed E-state index contributed by atoms with van der Waals surface area (Å²) < 4.78 is 27.9. The van der Waals surface area contributed by atoms with Crippen LogP contribution in [0.4, 0.5) is 0 Å². The van der Waals surface area contributed by atoms with Gasteiger partial charge in [0.05, 0.1) is 4.90 Å². The van der Waals surface area contributed by atoms with Gasteiger partial charge in [0.15, 0.2) is 0 Å². The number of halogens is 1. The normalized spacial score (nSPS) is 14.9. The van der Waals surface area contributed by atoms with Gasteiger partial charge in [0.25, 0.3) is 5.91 Å². The molecule has 1 saturated heterocycles. The molecule has 0 aliphatic carbocycles. The number of piperidine rings is 1. The van der Waals surface area contributed by atoms with Crippen LogP contribution in [-0.4, -0.2) is 33.5 Å². The highest BCUT2D eigenvalue weighted by Gasteiger charge is 2.20. The lowest BCUT2D eigenvalue weighted by Gasteiger charge is -2.24. The zero-order chi connectivity index (χ0) is 19.3. The summed E-state index contributed by atoms with van der Waals surface area (Å²) in [4.78, 5) is 12.7. The van der Waals surface area contributed by atoms with E-state index >= 15 is 0 Å². The Bertz CT molecular complexity index is 898. The van der Waals surface area contributed by atoms with Gasteiger partial charge in [0.2, 0.25) is 10.0 Å². The van der Waals surface area contributed by atoms with Crippen LogP contribution >= 0.6 is 12.4 Å². The molecule has 1 heterocycles. The second kappa shape index (κ2) is 10.0. The fraction of sp³-hybridized carbons (Fsp3) is 0.350. The van der Waals surface area contributed by atoms with Crippen molar-refractivity contribution in [3.63, 3.8) is 0 Å². The molecule has 0 spiro atoms. The smallest absolute Gasteiger partial charge is 0.251 e. The molecule has 1 aliphatic rings. The van der Waals surface area contributed by atoms with E-state index < -0.39 is 10.0 Å². The summed E-state index contributed by atoms with van der Waals surface area (Å²) >= 11 is 0. The Labute approximate surface area is 172 Å². The Morgan fingerprint density at radius 3 is 2.46 bits per heavy atom. The number of carbonyl (C=O) groups is 1. The fourth-order valence-corrected chi connectivity index (χ4v) is 4.14. The summed E-state index contributed by atoms with van der Waals surface area (Å²) in [6, 6.07) is 14.1. The molecular formula is C20H26ClN3O3S. The fourth-order valence-electron chi connectivity index (χ4n) is 3.10. The summed E-state index contributed by atoms with van der Waals surface area (Å²) in [6.45, 7) is 3.77. The number of aryl methyl sites for hydroxylation is 1. The minimum absolute atomic E-state index is 0. The Kier molecular flexibility index (Phi) is 8.00. The SMILES string of the molecule is Cc1ccc(S(=O)(=O)NCc2ccccc2)cc1C(=O)NC1CCNCC1.Cl. The van der Waals surface area contributed by atoms with Crippen molar-refractivity contribution in [2.75, 3.05) is 13.1 Å². The number of nitrogens with one attached hydrogen (secondary N) is 3. The number of carbonyl (C=O) groups excluding carboxylic acids is 1. The van der Waals surface area contributed by atoms with Gasteiger partial charge in [-0.05, 0) is 56.1 Å². The summed E-state index contributed by atoms with van der Waals surface area (Å²) in [5.74, 6) is -0.223. The highest BCUT2D eigenvalue weighted by molar-refractivity contribution is 7.89. The van der Waals surface area contributed by atoms with Gasteiger partial charge in [0.1, 0.15) is 0 Å². The van der Waals surface area contributed by atoms with Crippen LogP contribution in [-0.2, 0) is 16.6 Å². The van der Waals surface area contributed by atoms with Gasteiger partial charge in [-0.25, -0.2) is 13.1 Å². The van der Waals surface area contributed by atoms with Crippen LogP contribution in [0, 0.1) is 6.92 Å². The molecule has 1 aliphatic heterocycles. The molecule has 3 rings (SSSR count). The predicted molar refractivity (Wildman–Crippen MR) is 112 cm³/mol. The zero-order valence-corrected chi connectivity index (χ0v) is 17.4. The minimum atomic E-state index is -3.70. The molecule has 2 aromatic rings. The van der Waals surface area contributed by atoms with E-state index in [9.17, 15) is 13.2 Å². The summed E-state index contributed by atoms with van der Waals surface area (Å²) in [5.41, 5.74) is 2.02. The monoisotopic (exact) mass is 423 g/mol. The van der Waals surface area contributed by atoms with Crippen molar-refractivity contribution < 1.29 is 13.2 Å². The minimum Gasteiger partial charge on any atom is -0.349 e. The van der Waals surface area contributed by atoms with Crippen LogP contribution in [0.5, 0.6) is 0 Å². The van der Waals surface area contributed by atoms with Crippen molar-refractivity contribution in [3.8, 4) is 0 Å². The first-order chi connectivity index (χ1) is 13.0. The molecule has 3 N–H and O–H groups in total. The summed E-state index contributed by atoms with van der Waals surface area (Å²) in [5, 5.41) is 6.28. The van der Waals surface area contributed by atoms with Crippen molar-refractivity contribution in [2.45, 2.75) is 37.2 Å². The zero-order valence-electron chi connectivity index (χ0n) is 15.8. The van der Waals surface area contributed by atoms with Crippen LogP contribution in [0.2, 0.25) is 0 Å². The number of amides is 1. The molecule has 0 saturated carbocycles. The number of benzene rings is 2. The molecule has 0 aromatic heterocycles. The third-order valence-corrected chi connectivity index (χ3v) is 6.15.